The fraction of sp³-hybridized carbons (Fsp3) is 0.238. The van der Waals surface area contributed by atoms with Crippen molar-refractivity contribution in [2.24, 2.45) is 16.9 Å². The molecule has 0 spiro atoms. The van der Waals surface area contributed by atoms with Crippen LogP contribution in [0.4, 0.5) is 0 Å². The molecule has 0 saturated heterocycles. The number of ether oxygens (including phenoxy) is 1. The van der Waals surface area contributed by atoms with Gasteiger partial charge in [-0.3, -0.25) is 4.79 Å². The molecule has 2 aromatic carbocycles. The first-order valence-corrected chi connectivity index (χ1v) is 8.60. The number of carbonyl (C=O) groups excluding carboxylic acids is 1. The van der Waals surface area contributed by atoms with Gasteiger partial charge in [0.05, 0.1) is 0 Å². The van der Waals surface area contributed by atoms with E-state index < -0.39 is 0 Å². The van der Waals surface area contributed by atoms with Gasteiger partial charge in [0.1, 0.15) is 5.75 Å². The first-order valence-electron chi connectivity index (χ1n) is 8.60. The molecule has 1 saturated carbocycles. The van der Waals surface area contributed by atoms with Gasteiger partial charge < -0.3 is 4.74 Å². The van der Waals surface area contributed by atoms with E-state index >= 15 is 0 Å². The first-order chi connectivity index (χ1) is 12.3. The summed E-state index contributed by atoms with van der Waals surface area (Å²) < 4.78 is 5.54. The third-order valence-electron chi connectivity index (χ3n) is 4.82. The monoisotopic (exact) mass is 332 g/mol. The van der Waals surface area contributed by atoms with E-state index in [1.165, 1.54) is 0 Å². The van der Waals surface area contributed by atoms with Crippen molar-refractivity contribution in [3.63, 3.8) is 0 Å². The zero-order valence-electron chi connectivity index (χ0n) is 13.9. The summed E-state index contributed by atoms with van der Waals surface area (Å²) >= 11 is 0. The summed E-state index contributed by atoms with van der Waals surface area (Å²) in [7, 11) is 0. The third-order valence-corrected chi connectivity index (χ3v) is 4.82. The molecule has 25 heavy (non-hydrogen) atoms. The lowest BCUT2D eigenvalue weighted by atomic mass is 9.74. The van der Waals surface area contributed by atoms with Crippen LogP contribution >= 0.6 is 0 Å². The Morgan fingerprint density at radius 1 is 1.08 bits per heavy atom. The molecule has 2 aromatic rings. The quantitative estimate of drug-likeness (QED) is 0.669. The van der Waals surface area contributed by atoms with Gasteiger partial charge in [0.25, 0.3) is 5.91 Å². The van der Waals surface area contributed by atoms with Crippen molar-refractivity contribution in [1.82, 2.24) is 5.43 Å². The number of carbonyl (C=O) groups is 1. The fourth-order valence-electron chi connectivity index (χ4n) is 3.35. The maximum absolute atomic E-state index is 11.9. The number of fused-ring (bicyclic) bond motifs is 1. The number of hydrogen-bond donors (Lipinski definition) is 1. The number of hydrazone groups is 1. The molecule has 126 valence electrons. The number of nitrogens with zero attached hydrogens (tertiary/aromatic N) is 1. The van der Waals surface area contributed by atoms with E-state index in [2.05, 4.69) is 34.8 Å². The van der Waals surface area contributed by atoms with Crippen LogP contribution in [0.2, 0.25) is 0 Å². The van der Waals surface area contributed by atoms with Gasteiger partial charge in [-0.15, -0.1) is 0 Å². The van der Waals surface area contributed by atoms with Gasteiger partial charge >= 0.3 is 0 Å². The van der Waals surface area contributed by atoms with E-state index in [9.17, 15) is 4.79 Å². The number of rotatable bonds is 5. The Morgan fingerprint density at radius 2 is 1.84 bits per heavy atom. The summed E-state index contributed by atoms with van der Waals surface area (Å²) in [6.45, 7) is -0.0339. The lowest BCUT2D eigenvalue weighted by Crippen LogP contribution is -2.36. The maximum Gasteiger partial charge on any atom is 0.277 e. The highest BCUT2D eigenvalue weighted by molar-refractivity contribution is 5.94. The molecule has 1 fully saturated rings. The first kappa shape index (κ1) is 15.6. The number of hydrogen-bond acceptors (Lipinski definition) is 3. The lowest BCUT2D eigenvalue weighted by molar-refractivity contribution is -0.123. The summed E-state index contributed by atoms with van der Waals surface area (Å²) in [6.07, 6.45) is 6.45. The second-order valence-electron chi connectivity index (χ2n) is 6.46. The van der Waals surface area contributed by atoms with E-state index in [4.69, 9.17) is 4.74 Å². The molecule has 4 heteroatoms. The predicted molar refractivity (Wildman–Crippen MR) is 98.3 cm³/mol. The molecule has 0 unspecified atom stereocenters. The molecule has 0 aromatic heterocycles. The van der Waals surface area contributed by atoms with Gasteiger partial charge in [0.2, 0.25) is 0 Å². The van der Waals surface area contributed by atoms with Crippen molar-refractivity contribution in [3.05, 3.63) is 66.7 Å². The van der Waals surface area contributed by atoms with Crippen molar-refractivity contribution in [2.45, 2.75) is 12.8 Å². The van der Waals surface area contributed by atoms with Gasteiger partial charge in [-0.2, -0.15) is 5.10 Å². The average molecular weight is 332 g/mol. The summed E-state index contributed by atoms with van der Waals surface area (Å²) in [6, 6.07) is 17.9. The van der Waals surface area contributed by atoms with Gasteiger partial charge in [0.15, 0.2) is 6.61 Å². The van der Waals surface area contributed by atoms with Crippen LogP contribution in [0.5, 0.6) is 5.75 Å². The Bertz CT molecular complexity index is 810. The molecule has 0 aliphatic heterocycles. The zero-order valence-corrected chi connectivity index (χ0v) is 13.9. The Morgan fingerprint density at radius 3 is 2.60 bits per heavy atom. The van der Waals surface area contributed by atoms with Crippen LogP contribution in [0.15, 0.2) is 71.9 Å². The molecule has 0 heterocycles. The van der Waals surface area contributed by atoms with Crippen molar-refractivity contribution < 1.29 is 9.53 Å². The molecular formula is C21H20N2O2. The van der Waals surface area contributed by atoms with E-state index in [0.717, 1.165) is 29.7 Å². The van der Waals surface area contributed by atoms with Crippen LogP contribution in [-0.2, 0) is 4.79 Å². The average Bonchev–Trinajstić information content (AvgIpc) is 3.02. The highest BCUT2D eigenvalue weighted by Gasteiger charge is 2.37. The van der Waals surface area contributed by atoms with Crippen LogP contribution < -0.4 is 10.2 Å². The molecule has 1 N–H and O–H groups in total. The van der Waals surface area contributed by atoms with Crippen LogP contribution in [0, 0.1) is 11.8 Å². The Balaban J connectivity index is 1.27. The summed E-state index contributed by atoms with van der Waals surface area (Å²) in [5.74, 6) is 1.59. The molecular weight excluding hydrogens is 312 g/mol. The standard InChI is InChI=1S/C21H20N2O2/c24-21(23-22-20-13-17-7-4-8-19(17)20)14-25-18-11-9-16(10-12-18)15-5-2-1-3-6-15/h1-7,9-12,17,19H,8,13-14H2,(H,23,24)/b22-20-/t17-,19-/m0/s1. The second-order valence-corrected chi connectivity index (χ2v) is 6.46. The van der Waals surface area contributed by atoms with Gasteiger partial charge in [-0.05, 0) is 42.0 Å². The van der Waals surface area contributed by atoms with Crippen LogP contribution in [-0.4, -0.2) is 18.2 Å². The minimum Gasteiger partial charge on any atom is -0.484 e. The summed E-state index contributed by atoms with van der Waals surface area (Å²) in [5, 5.41) is 4.24. The lowest BCUT2D eigenvalue weighted by Gasteiger charge is -2.31. The molecule has 0 bridgehead atoms. The molecule has 4 nitrogen and oxygen atoms in total. The highest BCUT2D eigenvalue weighted by Crippen LogP contribution is 2.40. The van der Waals surface area contributed by atoms with Crippen LogP contribution in [0.25, 0.3) is 11.1 Å². The van der Waals surface area contributed by atoms with Crippen molar-refractivity contribution in [3.8, 4) is 16.9 Å². The van der Waals surface area contributed by atoms with Crippen LogP contribution in [0.3, 0.4) is 0 Å². The Labute approximate surface area is 147 Å². The SMILES string of the molecule is O=C(COc1ccc(-c2ccccc2)cc1)N/N=C1/C[C@@H]2C=CC[C@H]12. The highest BCUT2D eigenvalue weighted by atomic mass is 16.5. The number of nitrogens with one attached hydrogen (secondary N) is 1. The maximum atomic E-state index is 11.9. The molecule has 2 aliphatic carbocycles. The van der Waals surface area contributed by atoms with Crippen molar-refractivity contribution in [2.75, 3.05) is 6.61 Å². The largest absolute Gasteiger partial charge is 0.484 e. The topological polar surface area (TPSA) is 50.7 Å². The van der Waals surface area contributed by atoms with Gasteiger partial charge in [0, 0.05) is 11.6 Å². The second kappa shape index (κ2) is 6.93. The van der Waals surface area contributed by atoms with E-state index in [1.54, 1.807) is 0 Å². The van der Waals surface area contributed by atoms with Crippen molar-refractivity contribution in [1.29, 1.82) is 0 Å². The predicted octanol–water partition coefficient (Wildman–Crippen LogP) is 3.80. The third kappa shape index (κ3) is 3.48. The van der Waals surface area contributed by atoms with E-state index in [1.807, 2.05) is 42.5 Å². The van der Waals surface area contributed by atoms with Gasteiger partial charge in [-0.1, -0.05) is 54.6 Å². The summed E-state index contributed by atoms with van der Waals surface area (Å²) in [5.41, 5.74) is 5.97. The molecule has 1 amide bonds. The Kier molecular flexibility index (Phi) is 4.34. The number of benzene rings is 2. The number of amides is 1. The zero-order chi connectivity index (χ0) is 17.1. The summed E-state index contributed by atoms with van der Waals surface area (Å²) in [4.78, 5) is 11.9. The molecule has 0 radical (unpaired) electrons. The normalized spacial score (nSPS) is 22.3. The molecule has 2 atom stereocenters. The molecule has 2 aliphatic rings. The minimum atomic E-state index is -0.228. The van der Waals surface area contributed by atoms with E-state index in [0.29, 0.717) is 17.6 Å². The fourth-order valence-corrected chi connectivity index (χ4v) is 3.35. The van der Waals surface area contributed by atoms with Gasteiger partial charge in [-0.25, -0.2) is 5.43 Å². The van der Waals surface area contributed by atoms with E-state index in [-0.39, 0.29) is 12.5 Å². The van der Waals surface area contributed by atoms with Crippen molar-refractivity contribution >= 4 is 11.6 Å². The smallest absolute Gasteiger partial charge is 0.277 e. The molecule has 4 rings (SSSR count). The van der Waals surface area contributed by atoms with Crippen LogP contribution in [0.1, 0.15) is 12.8 Å². The minimum absolute atomic E-state index is 0.0339. The Hall–Kier alpha value is -2.88. The number of allylic oxidation sites excluding steroid dienone is 2.